The first-order valence-electron chi connectivity index (χ1n) is 9.72. The van der Waals surface area contributed by atoms with E-state index in [2.05, 4.69) is 0 Å². The fourth-order valence-corrected chi connectivity index (χ4v) is 3.28. The molecular weight excluding hydrogens is 398 g/mol. The molecule has 0 aromatic heterocycles. The number of aryl methyl sites for hydroxylation is 1. The Kier molecular flexibility index (Phi) is 6.46. The third kappa shape index (κ3) is 4.46. The largest absolute Gasteiger partial charge is 0.454 e. The van der Waals surface area contributed by atoms with E-state index in [1.54, 1.807) is 24.3 Å². The highest BCUT2D eigenvalue weighted by molar-refractivity contribution is 6.22. The Balaban J connectivity index is 1.66. The number of carbonyl (C=O) groups is 4. The van der Waals surface area contributed by atoms with E-state index in [0.717, 1.165) is 10.5 Å². The van der Waals surface area contributed by atoms with Crippen LogP contribution in [-0.4, -0.2) is 47.8 Å². The number of ether oxygens (including phenoxy) is 1. The van der Waals surface area contributed by atoms with Crippen molar-refractivity contribution in [1.82, 2.24) is 4.90 Å². The normalized spacial score (nSPS) is 13.4. The van der Waals surface area contributed by atoms with Gasteiger partial charge < -0.3 is 9.64 Å². The van der Waals surface area contributed by atoms with Crippen molar-refractivity contribution in [2.75, 3.05) is 18.1 Å². The van der Waals surface area contributed by atoms with Crippen LogP contribution in [0.15, 0.2) is 48.5 Å². The second kappa shape index (κ2) is 9.22. The van der Waals surface area contributed by atoms with Gasteiger partial charge in [-0.25, -0.2) is 4.79 Å². The molecular formula is C23H21N3O5. The first-order valence-corrected chi connectivity index (χ1v) is 9.72. The zero-order valence-corrected chi connectivity index (χ0v) is 17.2. The van der Waals surface area contributed by atoms with Gasteiger partial charge in [-0.1, -0.05) is 29.8 Å². The lowest BCUT2D eigenvalue weighted by atomic mass is 10.1. The van der Waals surface area contributed by atoms with Crippen LogP contribution < -0.4 is 4.90 Å². The van der Waals surface area contributed by atoms with Crippen molar-refractivity contribution in [1.29, 1.82) is 5.26 Å². The summed E-state index contributed by atoms with van der Waals surface area (Å²) in [5, 5.41) is 8.88. The molecule has 31 heavy (non-hydrogen) atoms. The highest BCUT2D eigenvalue weighted by Gasteiger charge is 2.41. The Morgan fingerprint density at radius 3 is 2.19 bits per heavy atom. The number of imide groups is 1. The van der Waals surface area contributed by atoms with Crippen molar-refractivity contribution >= 4 is 29.4 Å². The van der Waals surface area contributed by atoms with Crippen molar-refractivity contribution in [3.63, 3.8) is 0 Å². The molecule has 3 rings (SSSR count). The highest BCUT2D eigenvalue weighted by Crippen LogP contribution is 2.25. The summed E-state index contributed by atoms with van der Waals surface area (Å²) >= 11 is 0. The zero-order valence-electron chi connectivity index (χ0n) is 17.2. The summed E-state index contributed by atoms with van der Waals surface area (Å²) in [5.74, 6) is -2.53. The Labute approximate surface area is 179 Å². The fraction of sp³-hybridized carbons (Fsp3) is 0.261. The molecule has 158 valence electrons. The molecule has 1 heterocycles. The number of anilines is 1. The molecule has 0 saturated carbocycles. The number of carbonyl (C=O) groups excluding carboxylic acids is 4. The second-order valence-corrected chi connectivity index (χ2v) is 7.10. The number of nitriles is 1. The van der Waals surface area contributed by atoms with Gasteiger partial charge in [-0.2, -0.15) is 5.26 Å². The molecule has 2 aromatic carbocycles. The predicted molar refractivity (Wildman–Crippen MR) is 111 cm³/mol. The lowest BCUT2D eigenvalue weighted by molar-refractivity contribution is -0.151. The standard InChI is InChI=1S/C23H21N3O5/c1-15-8-10-17(11-9-15)25(13-5-12-24)20(27)14-31-23(30)16(2)26-21(28)18-6-3-4-7-19(18)22(26)29/h3-4,6-11,16H,5,13-14H2,1-2H3/t16-/m0/s1. The minimum absolute atomic E-state index is 0.110. The molecule has 1 aliphatic rings. The van der Waals surface area contributed by atoms with Gasteiger partial charge in [0.2, 0.25) is 0 Å². The summed E-state index contributed by atoms with van der Waals surface area (Å²) in [6.45, 7) is 2.85. The molecule has 0 spiro atoms. The molecule has 1 aliphatic heterocycles. The van der Waals surface area contributed by atoms with Crippen molar-refractivity contribution in [2.45, 2.75) is 26.3 Å². The van der Waals surface area contributed by atoms with Gasteiger partial charge in [-0.3, -0.25) is 19.3 Å². The van der Waals surface area contributed by atoms with Crippen molar-refractivity contribution in [3.05, 3.63) is 65.2 Å². The summed E-state index contributed by atoms with van der Waals surface area (Å²) in [6.07, 6.45) is 0.110. The number of benzene rings is 2. The predicted octanol–water partition coefficient (Wildman–Crippen LogP) is 2.47. The van der Waals surface area contributed by atoms with E-state index in [4.69, 9.17) is 10.00 Å². The summed E-state index contributed by atoms with van der Waals surface area (Å²) < 4.78 is 5.12. The number of amides is 3. The van der Waals surface area contributed by atoms with Crippen molar-refractivity contribution in [3.8, 4) is 6.07 Å². The lowest BCUT2D eigenvalue weighted by Crippen LogP contribution is -2.45. The summed E-state index contributed by atoms with van der Waals surface area (Å²) in [4.78, 5) is 52.4. The molecule has 1 atom stereocenters. The SMILES string of the molecule is Cc1ccc(N(CCC#N)C(=O)COC(=O)[C@H](C)N2C(=O)c3ccccc3C2=O)cc1. The van der Waals surface area contributed by atoms with E-state index in [9.17, 15) is 19.2 Å². The molecule has 0 radical (unpaired) electrons. The highest BCUT2D eigenvalue weighted by atomic mass is 16.5. The van der Waals surface area contributed by atoms with Crippen LogP contribution in [0.2, 0.25) is 0 Å². The topological polar surface area (TPSA) is 108 Å². The van der Waals surface area contributed by atoms with Gasteiger partial charge in [-0.05, 0) is 38.1 Å². The molecule has 8 nitrogen and oxygen atoms in total. The van der Waals surface area contributed by atoms with Gasteiger partial charge in [-0.15, -0.1) is 0 Å². The van der Waals surface area contributed by atoms with E-state index < -0.39 is 36.3 Å². The van der Waals surface area contributed by atoms with Crippen LogP contribution in [0.25, 0.3) is 0 Å². The van der Waals surface area contributed by atoms with Crippen LogP contribution in [0.1, 0.15) is 39.6 Å². The van der Waals surface area contributed by atoms with Gasteiger partial charge in [0.25, 0.3) is 17.7 Å². The second-order valence-electron chi connectivity index (χ2n) is 7.10. The van der Waals surface area contributed by atoms with Crippen LogP contribution in [0.5, 0.6) is 0 Å². The third-order valence-electron chi connectivity index (χ3n) is 4.99. The maximum atomic E-state index is 12.7. The average molecular weight is 419 g/mol. The van der Waals surface area contributed by atoms with Crippen LogP contribution >= 0.6 is 0 Å². The van der Waals surface area contributed by atoms with E-state index in [1.807, 2.05) is 25.1 Å². The van der Waals surface area contributed by atoms with Crippen LogP contribution in [0.4, 0.5) is 5.69 Å². The van der Waals surface area contributed by atoms with E-state index in [-0.39, 0.29) is 24.1 Å². The molecule has 3 amide bonds. The molecule has 0 fully saturated rings. The lowest BCUT2D eigenvalue weighted by Gasteiger charge is -2.24. The van der Waals surface area contributed by atoms with Gasteiger partial charge in [0.1, 0.15) is 6.04 Å². The monoisotopic (exact) mass is 419 g/mol. The van der Waals surface area contributed by atoms with Gasteiger partial charge in [0.15, 0.2) is 6.61 Å². The number of fused-ring (bicyclic) bond motifs is 1. The van der Waals surface area contributed by atoms with E-state index >= 15 is 0 Å². The third-order valence-corrected chi connectivity index (χ3v) is 4.99. The first kappa shape index (κ1) is 21.7. The van der Waals surface area contributed by atoms with Crippen LogP contribution in [0.3, 0.4) is 0 Å². The van der Waals surface area contributed by atoms with Crippen molar-refractivity contribution in [2.24, 2.45) is 0 Å². The number of esters is 1. The van der Waals surface area contributed by atoms with Crippen LogP contribution in [-0.2, 0) is 14.3 Å². The number of nitrogens with zero attached hydrogens (tertiary/aromatic N) is 3. The minimum Gasteiger partial charge on any atom is -0.454 e. The molecule has 2 aromatic rings. The first-order chi connectivity index (χ1) is 14.8. The average Bonchev–Trinajstić information content (AvgIpc) is 3.03. The number of rotatable bonds is 7. The molecule has 8 heteroatoms. The quantitative estimate of drug-likeness (QED) is 0.504. The molecule has 0 unspecified atom stereocenters. The van der Waals surface area contributed by atoms with Crippen molar-refractivity contribution < 1.29 is 23.9 Å². The minimum atomic E-state index is -1.19. The summed E-state index contributed by atoms with van der Waals surface area (Å²) in [6, 6.07) is 14.3. The van der Waals surface area contributed by atoms with Gasteiger partial charge >= 0.3 is 5.97 Å². The maximum absolute atomic E-state index is 12.7. The zero-order chi connectivity index (χ0) is 22.5. The Morgan fingerprint density at radius 1 is 1.06 bits per heavy atom. The summed E-state index contributed by atoms with van der Waals surface area (Å²) in [7, 11) is 0. The van der Waals surface area contributed by atoms with E-state index in [0.29, 0.717) is 5.69 Å². The number of hydrogen-bond donors (Lipinski definition) is 0. The maximum Gasteiger partial charge on any atom is 0.329 e. The molecule has 0 bridgehead atoms. The smallest absolute Gasteiger partial charge is 0.329 e. The van der Waals surface area contributed by atoms with E-state index in [1.165, 1.54) is 24.0 Å². The van der Waals surface area contributed by atoms with Gasteiger partial charge in [0.05, 0.1) is 23.6 Å². The summed E-state index contributed by atoms with van der Waals surface area (Å²) in [5.41, 5.74) is 2.04. The Hall–Kier alpha value is -3.99. The Morgan fingerprint density at radius 2 is 1.65 bits per heavy atom. The molecule has 0 aliphatic carbocycles. The molecule has 0 saturated heterocycles. The molecule has 0 N–H and O–H groups in total. The Bertz CT molecular complexity index is 1040. The fourth-order valence-electron chi connectivity index (χ4n) is 3.28. The number of hydrogen-bond acceptors (Lipinski definition) is 6. The van der Waals surface area contributed by atoms with Gasteiger partial charge in [0, 0.05) is 12.2 Å². The van der Waals surface area contributed by atoms with Crippen LogP contribution in [0, 0.1) is 18.3 Å².